The van der Waals surface area contributed by atoms with Crippen molar-refractivity contribution in [2.75, 3.05) is 20.1 Å². The van der Waals surface area contributed by atoms with Crippen molar-refractivity contribution in [3.8, 4) is 0 Å². The summed E-state index contributed by atoms with van der Waals surface area (Å²) in [5.74, 6) is 5.36. The number of nitrogens with two attached hydrogens (primary N) is 1. The predicted molar refractivity (Wildman–Crippen MR) is 48.3 cm³/mol. The van der Waals surface area contributed by atoms with Gasteiger partial charge in [0.15, 0.2) is 0 Å². The number of hydrogen-bond donors (Lipinski definition) is 2. The van der Waals surface area contributed by atoms with E-state index in [1.807, 2.05) is 12.6 Å². The molecule has 1 rings (SSSR count). The van der Waals surface area contributed by atoms with Gasteiger partial charge in [0.25, 0.3) is 0 Å². The zero-order valence-corrected chi connectivity index (χ0v) is 7.95. The molecule has 0 aliphatic heterocycles. The van der Waals surface area contributed by atoms with E-state index in [1.165, 1.54) is 12.8 Å². The van der Waals surface area contributed by atoms with Crippen molar-refractivity contribution >= 4 is 5.97 Å². The summed E-state index contributed by atoms with van der Waals surface area (Å²) in [5.41, 5.74) is 1.88. The second-order valence-corrected chi connectivity index (χ2v) is 3.55. The molecule has 0 spiro atoms. The van der Waals surface area contributed by atoms with Crippen LogP contribution in [-0.4, -0.2) is 31.0 Å². The molecule has 0 radical (unpaired) electrons. The lowest BCUT2D eigenvalue weighted by Crippen LogP contribution is -2.29. The summed E-state index contributed by atoms with van der Waals surface area (Å²) in [6.45, 7) is 1.82. The van der Waals surface area contributed by atoms with Gasteiger partial charge < -0.3 is 9.74 Å². The average Bonchev–Trinajstić information content (AvgIpc) is 2.85. The van der Waals surface area contributed by atoms with Crippen LogP contribution in [0.5, 0.6) is 0 Å². The van der Waals surface area contributed by atoms with Gasteiger partial charge in [-0.05, 0) is 25.8 Å². The molecule has 13 heavy (non-hydrogen) atoms. The molecule has 0 heterocycles. The molecule has 5 nitrogen and oxygen atoms in total. The van der Waals surface area contributed by atoms with Crippen LogP contribution in [0.25, 0.3) is 0 Å². The molecule has 0 aromatic heterocycles. The lowest BCUT2D eigenvalue weighted by atomic mass is 10.3. The molecule has 3 N–H and O–H groups in total. The molecule has 1 fully saturated rings. The highest BCUT2D eigenvalue weighted by Gasteiger charge is 2.22. The summed E-state index contributed by atoms with van der Waals surface area (Å²) < 4.78 is 0. The van der Waals surface area contributed by atoms with Gasteiger partial charge >= 0.3 is 5.97 Å². The molecule has 0 unspecified atom stereocenters. The molecule has 0 atom stereocenters. The summed E-state index contributed by atoms with van der Waals surface area (Å²) in [6.07, 6.45) is 3.05. The van der Waals surface area contributed by atoms with Crippen molar-refractivity contribution in [3.63, 3.8) is 0 Å². The third-order valence-corrected chi connectivity index (χ3v) is 2.14. The molecule has 0 aromatic carbocycles. The van der Waals surface area contributed by atoms with Gasteiger partial charge in [-0.3, -0.25) is 4.79 Å². The maximum absolute atomic E-state index is 10.9. The Kier molecular flexibility index (Phi) is 4.14. The zero-order chi connectivity index (χ0) is 9.68. The second kappa shape index (κ2) is 5.16. The molecule has 76 valence electrons. The van der Waals surface area contributed by atoms with Gasteiger partial charge in [0, 0.05) is 13.1 Å². The minimum atomic E-state index is -0.315. The largest absolute Gasteiger partial charge is 0.356 e. The first-order valence-corrected chi connectivity index (χ1v) is 4.56. The van der Waals surface area contributed by atoms with Crippen molar-refractivity contribution in [2.45, 2.75) is 19.3 Å². The Morgan fingerprint density at radius 3 is 2.92 bits per heavy atom. The third kappa shape index (κ3) is 4.82. The number of hydrogen-bond acceptors (Lipinski definition) is 5. The van der Waals surface area contributed by atoms with E-state index < -0.39 is 0 Å². The van der Waals surface area contributed by atoms with Gasteiger partial charge in [-0.15, -0.1) is 0 Å². The zero-order valence-electron chi connectivity index (χ0n) is 7.95. The highest BCUT2D eigenvalue weighted by atomic mass is 16.7. The molecule has 1 aliphatic rings. The van der Waals surface area contributed by atoms with E-state index in [4.69, 9.17) is 5.84 Å². The van der Waals surface area contributed by atoms with Crippen LogP contribution < -0.4 is 11.4 Å². The molecule has 1 saturated carbocycles. The molecule has 1 aliphatic carbocycles. The van der Waals surface area contributed by atoms with E-state index in [9.17, 15) is 4.79 Å². The highest BCUT2D eigenvalue weighted by Crippen LogP contribution is 2.29. The van der Waals surface area contributed by atoms with Crippen LogP contribution in [0.15, 0.2) is 0 Å². The van der Waals surface area contributed by atoms with E-state index in [0.29, 0.717) is 6.42 Å². The van der Waals surface area contributed by atoms with Gasteiger partial charge in [0.2, 0.25) is 0 Å². The van der Waals surface area contributed by atoms with E-state index in [0.717, 1.165) is 19.0 Å². The fraction of sp³-hybridized carbons (Fsp3) is 0.875. The van der Waals surface area contributed by atoms with Crippen LogP contribution in [-0.2, 0) is 9.63 Å². The lowest BCUT2D eigenvalue weighted by molar-refractivity contribution is -0.151. The van der Waals surface area contributed by atoms with Gasteiger partial charge in [-0.25, -0.2) is 5.84 Å². The van der Waals surface area contributed by atoms with Crippen molar-refractivity contribution in [1.82, 2.24) is 10.5 Å². The number of carbonyl (C=O) groups excluding carboxylic acids is 1. The van der Waals surface area contributed by atoms with E-state index in [-0.39, 0.29) is 5.97 Å². The maximum atomic E-state index is 10.9. The summed E-state index contributed by atoms with van der Waals surface area (Å²) in [5, 5.41) is 0. The molecular formula is C8H17N3O2. The monoisotopic (exact) mass is 187 g/mol. The topological polar surface area (TPSA) is 67.6 Å². The minimum absolute atomic E-state index is 0.315. The predicted octanol–water partition coefficient (Wildman–Crippen LogP) is -0.360. The van der Waals surface area contributed by atoms with Gasteiger partial charge in [-0.1, -0.05) is 5.59 Å². The van der Waals surface area contributed by atoms with E-state index in [2.05, 4.69) is 9.74 Å². The van der Waals surface area contributed by atoms with Crippen LogP contribution in [0, 0.1) is 5.92 Å². The molecule has 0 bridgehead atoms. The average molecular weight is 187 g/mol. The van der Waals surface area contributed by atoms with Crippen molar-refractivity contribution < 1.29 is 9.63 Å². The minimum Gasteiger partial charge on any atom is -0.356 e. The van der Waals surface area contributed by atoms with Crippen LogP contribution in [0.1, 0.15) is 19.3 Å². The Morgan fingerprint density at radius 1 is 1.69 bits per heavy atom. The normalized spacial score (nSPS) is 16.2. The molecule has 5 heteroatoms. The fourth-order valence-corrected chi connectivity index (χ4v) is 1.23. The number of hydrazine groups is 1. The molecule has 0 saturated heterocycles. The van der Waals surface area contributed by atoms with Crippen molar-refractivity contribution in [3.05, 3.63) is 0 Å². The number of nitrogens with one attached hydrogen (secondary N) is 1. The van der Waals surface area contributed by atoms with Crippen LogP contribution in [0.2, 0.25) is 0 Å². The number of rotatable bonds is 6. The van der Waals surface area contributed by atoms with Gasteiger partial charge in [0.1, 0.15) is 0 Å². The van der Waals surface area contributed by atoms with Gasteiger partial charge in [0.05, 0.1) is 6.42 Å². The first kappa shape index (κ1) is 10.4. The summed E-state index contributed by atoms with van der Waals surface area (Å²) >= 11 is 0. The smallest absolute Gasteiger partial charge is 0.327 e. The highest BCUT2D eigenvalue weighted by molar-refractivity contribution is 5.69. The SMILES string of the molecule is CN(CCC(=O)ONN)CC1CC1. The number of nitrogens with zero attached hydrogens (tertiary/aromatic N) is 1. The Hall–Kier alpha value is -0.650. The van der Waals surface area contributed by atoms with Crippen LogP contribution in [0.3, 0.4) is 0 Å². The van der Waals surface area contributed by atoms with Crippen molar-refractivity contribution in [1.29, 1.82) is 0 Å². The summed E-state index contributed by atoms with van der Waals surface area (Å²) in [4.78, 5) is 17.4. The number of carbonyl (C=O) groups is 1. The molecule has 0 amide bonds. The second-order valence-electron chi connectivity index (χ2n) is 3.55. The summed E-state index contributed by atoms with van der Waals surface area (Å²) in [7, 11) is 2.02. The van der Waals surface area contributed by atoms with E-state index in [1.54, 1.807) is 0 Å². The first-order chi connectivity index (χ1) is 6.22. The molecular weight excluding hydrogens is 170 g/mol. The Morgan fingerprint density at radius 2 is 2.38 bits per heavy atom. The third-order valence-electron chi connectivity index (χ3n) is 2.14. The fourth-order valence-electron chi connectivity index (χ4n) is 1.23. The standard InChI is InChI=1S/C8H17N3O2/c1-11(6-7-2-3-7)5-4-8(12)13-10-9/h7,10H,2-6,9H2,1H3. The van der Waals surface area contributed by atoms with Crippen molar-refractivity contribution in [2.24, 2.45) is 11.8 Å². The lowest BCUT2D eigenvalue weighted by Gasteiger charge is -2.14. The van der Waals surface area contributed by atoms with Gasteiger partial charge in [-0.2, -0.15) is 0 Å². The summed E-state index contributed by atoms with van der Waals surface area (Å²) in [6, 6.07) is 0. The van der Waals surface area contributed by atoms with Crippen LogP contribution in [0.4, 0.5) is 0 Å². The Balaban J connectivity index is 1.99. The molecule has 0 aromatic rings. The van der Waals surface area contributed by atoms with Crippen LogP contribution >= 0.6 is 0 Å². The Labute approximate surface area is 78.1 Å². The van der Waals surface area contributed by atoms with E-state index >= 15 is 0 Å². The quantitative estimate of drug-likeness (QED) is 0.439. The maximum Gasteiger partial charge on any atom is 0.327 e. The Bertz CT molecular complexity index is 171. The first-order valence-electron chi connectivity index (χ1n) is 4.56.